The maximum Gasteiger partial charge on any atom is 0.326 e. The number of nitrogens with one attached hydrogen (secondary N) is 1. The molecule has 0 spiro atoms. The summed E-state index contributed by atoms with van der Waals surface area (Å²) in [6.07, 6.45) is 6.20. The molecule has 2 aromatic rings. The molecule has 22 heavy (non-hydrogen) atoms. The van der Waals surface area contributed by atoms with Crippen LogP contribution in [0.15, 0.2) is 36.7 Å². The zero-order valence-electron chi connectivity index (χ0n) is 12.5. The van der Waals surface area contributed by atoms with Crippen LogP contribution in [-0.4, -0.2) is 17.6 Å². The molecular weight excluding hydrogens is 298 g/mol. The summed E-state index contributed by atoms with van der Waals surface area (Å²) in [6.45, 7) is 2.81. The van der Waals surface area contributed by atoms with E-state index in [4.69, 9.17) is 11.6 Å². The van der Waals surface area contributed by atoms with Crippen molar-refractivity contribution >= 4 is 29.0 Å². The first-order valence-electron chi connectivity index (χ1n) is 7.49. The molecule has 2 heterocycles. The number of anilines is 2. The number of fused-ring (bicyclic) bond motifs is 1. The minimum absolute atomic E-state index is 0.147. The van der Waals surface area contributed by atoms with Gasteiger partial charge in [-0.1, -0.05) is 31.0 Å². The van der Waals surface area contributed by atoms with Gasteiger partial charge in [-0.25, -0.2) is 4.79 Å². The molecule has 1 aromatic carbocycles. The SMILES string of the molecule is CCCc1cc2c(cc1Cl)N(C(=O)Nc1cccnc1)CC2. The second-order valence-electron chi connectivity index (χ2n) is 5.40. The van der Waals surface area contributed by atoms with E-state index >= 15 is 0 Å². The minimum atomic E-state index is -0.147. The van der Waals surface area contributed by atoms with Gasteiger partial charge in [0.25, 0.3) is 0 Å². The van der Waals surface area contributed by atoms with Gasteiger partial charge in [0.15, 0.2) is 0 Å². The van der Waals surface area contributed by atoms with Crippen LogP contribution in [0.1, 0.15) is 24.5 Å². The van der Waals surface area contributed by atoms with Crippen molar-refractivity contribution in [2.45, 2.75) is 26.2 Å². The topological polar surface area (TPSA) is 45.2 Å². The van der Waals surface area contributed by atoms with Crippen molar-refractivity contribution in [3.05, 3.63) is 52.8 Å². The predicted octanol–water partition coefficient (Wildman–Crippen LogP) is 4.28. The Balaban J connectivity index is 1.82. The van der Waals surface area contributed by atoms with Crippen molar-refractivity contribution in [2.75, 3.05) is 16.8 Å². The summed E-state index contributed by atoms with van der Waals surface area (Å²) in [7, 11) is 0. The highest BCUT2D eigenvalue weighted by molar-refractivity contribution is 6.31. The molecule has 2 amide bonds. The van der Waals surface area contributed by atoms with Crippen molar-refractivity contribution in [3.8, 4) is 0 Å². The van der Waals surface area contributed by atoms with Crippen LogP contribution >= 0.6 is 11.6 Å². The summed E-state index contributed by atoms with van der Waals surface area (Å²) in [5.41, 5.74) is 3.95. The number of pyridine rings is 1. The number of urea groups is 1. The summed E-state index contributed by atoms with van der Waals surface area (Å²) < 4.78 is 0. The van der Waals surface area contributed by atoms with Gasteiger partial charge in [0.1, 0.15) is 0 Å². The summed E-state index contributed by atoms with van der Waals surface area (Å²) >= 11 is 6.35. The van der Waals surface area contributed by atoms with Crippen molar-refractivity contribution in [3.63, 3.8) is 0 Å². The Morgan fingerprint density at radius 1 is 1.45 bits per heavy atom. The van der Waals surface area contributed by atoms with Crippen molar-refractivity contribution in [1.29, 1.82) is 0 Å². The number of hydrogen-bond donors (Lipinski definition) is 1. The highest BCUT2D eigenvalue weighted by Gasteiger charge is 2.26. The number of carbonyl (C=O) groups excluding carboxylic acids is 1. The lowest BCUT2D eigenvalue weighted by atomic mass is 10.0. The molecule has 0 saturated heterocycles. The molecule has 0 radical (unpaired) electrons. The molecule has 1 aliphatic rings. The lowest BCUT2D eigenvalue weighted by Gasteiger charge is -2.19. The Morgan fingerprint density at radius 3 is 3.05 bits per heavy atom. The average Bonchev–Trinajstić information content (AvgIpc) is 2.91. The molecule has 0 atom stereocenters. The molecule has 3 rings (SSSR count). The number of aryl methyl sites for hydroxylation is 1. The Kier molecular flexibility index (Phi) is 4.29. The van der Waals surface area contributed by atoms with Crippen LogP contribution in [0, 0.1) is 0 Å². The minimum Gasteiger partial charge on any atom is -0.306 e. The zero-order valence-corrected chi connectivity index (χ0v) is 13.2. The highest BCUT2D eigenvalue weighted by Crippen LogP contribution is 2.34. The van der Waals surface area contributed by atoms with E-state index in [0.29, 0.717) is 12.2 Å². The second kappa shape index (κ2) is 6.36. The quantitative estimate of drug-likeness (QED) is 0.918. The predicted molar refractivity (Wildman–Crippen MR) is 89.8 cm³/mol. The van der Waals surface area contributed by atoms with Gasteiger partial charge < -0.3 is 5.32 Å². The molecule has 0 unspecified atom stereocenters. The van der Waals surface area contributed by atoms with Crippen LogP contribution in [0.4, 0.5) is 16.2 Å². The van der Waals surface area contributed by atoms with Crippen LogP contribution in [0.3, 0.4) is 0 Å². The fourth-order valence-electron chi connectivity index (χ4n) is 2.76. The Bertz CT molecular complexity index is 688. The van der Waals surface area contributed by atoms with Crippen molar-refractivity contribution < 1.29 is 4.79 Å². The van der Waals surface area contributed by atoms with Gasteiger partial charge in [-0.05, 0) is 42.2 Å². The molecule has 0 saturated carbocycles. The molecule has 0 fully saturated rings. The third kappa shape index (κ3) is 2.92. The van der Waals surface area contributed by atoms with Crippen LogP contribution in [0.5, 0.6) is 0 Å². The summed E-state index contributed by atoms with van der Waals surface area (Å²) in [6, 6.07) is 7.52. The summed E-state index contributed by atoms with van der Waals surface area (Å²) in [5, 5.41) is 3.60. The first kappa shape index (κ1) is 14.9. The fourth-order valence-corrected chi connectivity index (χ4v) is 3.01. The molecule has 1 N–H and O–H groups in total. The number of amides is 2. The van der Waals surface area contributed by atoms with E-state index in [9.17, 15) is 4.79 Å². The first-order chi connectivity index (χ1) is 10.7. The maximum atomic E-state index is 12.4. The van der Waals surface area contributed by atoms with Gasteiger partial charge in [0, 0.05) is 17.8 Å². The lowest BCUT2D eigenvalue weighted by Crippen LogP contribution is -2.33. The molecule has 114 valence electrons. The van der Waals surface area contributed by atoms with Gasteiger partial charge in [-0.15, -0.1) is 0 Å². The standard InChI is InChI=1S/C17H18ClN3O/c1-2-4-12-9-13-6-8-21(16(13)10-15(12)18)17(22)20-14-5-3-7-19-11-14/h3,5,7,9-11H,2,4,6,8H2,1H3,(H,20,22). The van der Waals surface area contributed by atoms with Crippen molar-refractivity contribution in [1.82, 2.24) is 4.98 Å². The Labute approximate surface area is 135 Å². The van der Waals surface area contributed by atoms with Gasteiger partial charge in [-0.2, -0.15) is 0 Å². The van der Waals surface area contributed by atoms with Gasteiger partial charge >= 0.3 is 6.03 Å². The summed E-state index contributed by atoms with van der Waals surface area (Å²) in [5.74, 6) is 0. The first-order valence-corrected chi connectivity index (χ1v) is 7.86. The smallest absolute Gasteiger partial charge is 0.306 e. The van der Waals surface area contributed by atoms with Crippen LogP contribution in [-0.2, 0) is 12.8 Å². The second-order valence-corrected chi connectivity index (χ2v) is 5.80. The van der Waals surface area contributed by atoms with Gasteiger partial charge in [0.2, 0.25) is 0 Å². The molecule has 4 nitrogen and oxygen atoms in total. The lowest BCUT2D eigenvalue weighted by molar-refractivity contribution is 0.257. The number of nitrogens with zero attached hydrogens (tertiary/aromatic N) is 2. The van der Waals surface area contributed by atoms with E-state index in [2.05, 4.69) is 23.3 Å². The fraction of sp³-hybridized carbons (Fsp3) is 0.294. The van der Waals surface area contributed by atoms with Crippen LogP contribution in [0.25, 0.3) is 0 Å². The molecule has 5 heteroatoms. The number of halogens is 1. The van der Waals surface area contributed by atoms with E-state index in [1.54, 1.807) is 23.4 Å². The third-order valence-electron chi connectivity index (χ3n) is 3.82. The van der Waals surface area contributed by atoms with Gasteiger partial charge in [0.05, 0.1) is 17.6 Å². The molecule has 1 aromatic heterocycles. The molecule has 0 aliphatic carbocycles. The van der Waals surface area contributed by atoms with E-state index in [0.717, 1.165) is 35.5 Å². The Hall–Kier alpha value is -2.07. The summed E-state index contributed by atoms with van der Waals surface area (Å²) in [4.78, 5) is 18.2. The van der Waals surface area contributed by atoms with E-state index < -0.39 is 0 Å². The van der Waals surface area contributed by atoms with Crippen LogP contribution in [0.2, 0.25) is 5.02 Å². The Morgan fingerprint density at radius 2 is 2.32 bits per heavy atom. The molecular formula is C17H18ClN3O. The van der Waals surface area contributed by atoms with Crippen molar-refractivity contribution in [2.24, 2.45) is 0 Å². The number of hydrogen-bond acceptors (Lipinski definition) is 2. The normalized spacial score (nSPS) is 13.1. The number of aromatic nitrogens is 1. The largest absolute Gasteiger partial charge is 0.326 e. The monoisotopic (exact) mass is 315 g/mol. The highest BCUT2D eigenvalue weighted by atomic mass is 35.5. The number of carbonyl (C=O) groups is 1. The van der Waals surface area contributed by atoms with Gasteiger partial charge in [-0.3, -0.25) is 9.88 Å². The van der Waals surface area contributed by atoms with Crippen LogP contribution < -0.4 is 10.2 Å². The zero-order chi connectivity index (χ0) is 15.5. The average molecular weight is 316 g/mol. The number of benzene rings is 1. The van der Waals surface area contributed by atoms with E-state index in [1.165, 1.54) is 5.56 Å². The van der Waals surface area contributed by atoms with E-state index in [-0.39, 0.29) is 6.03 Å². The maximum absolute atomic E-state index is 12.4. The molecule has 0 bridgehead atoms. The molecule has 1 aliphatic heterocycles. The third-order valence-corrected chi connectivity index (χ3v) is 4.17. The number of rotatable bonds is 3. The van der Waals surface area contributed by atoms with E-state index in [1.807, 2.05) is 12.1 Å².